The molecule has 1 heterocycles. The standard InChI is InChI=1S/C22H17ClN2S/c1-15-7-9-17(10-8-15)21-20(16-11-13-18(23)14-12-16)25-22(26-21)24-19-5-3-2-4-6-19/h2-14H,1H3,(H,24,25). The van der Waals surface area contributed by atoms with Crippen molar-refractivity contribution in [2.75, 3.05) is 5.32 Å². The highest BCUT2D eigenvalue weighted by atomic mass is 35.5. The predicted octanol–water partition coefficient (Wildman–Crippen LogP) is 7.18. The molecular formula is C22H17ClN2S. The van der Waals surface area contributed by atoms with Crippen molar-refractivity contribution in [2.45, 2.75) is 6.92 Å². The minimum atomic E-state index is 0.725. The zero-order valence-electron chi connectivity index (χ0n) is 14.2. The number of halogens is 1. The van der Waals surface area contributed by atoms with Crippen molar-refractivity contribution in [3.8, 4) is 21.7 Å². The molecule has 0 amide bonds. The van der Waals surface area contributed by atoms with Crippen molar-refractivity contribution in [3.63, 3.8) is 0 Å². The third kappa shape index (κ3) is 3.64. The first-order valence-corrected chi connectivity index (χ1v) is 9.54. The van der Waals surface area contributed by atoms with Crippen LogP contribution in [0.3, 0.4) is 0 Å². The Bertz CT molecular complexity index is 943. The van der Waals surface area contributed by atoms with E-state index in [1.54, 1.807) is 11.3 Å². The summed E-state index contributed by atoms with van der Waals surface area (Å²) in [6, 6.07) is 26.5. The molecule has 0 fully saturated rings. The molecule has 0 aliphatic heterocycles. The van der Waals surface area contributed by atoms with Crippen molar-refractivity contribution < 1.29 is 0 Å². The van der Waals surface area contributed by atoms with E-state index in [4.69, 9.17) is 16.6 Å². The fourth-order valence-electron chi connectivity index (χ4n) is 2.72. The number of benzene rings is 3. The fourth-order valence-corrected chi connectivity index (χ4v) is 3.86. The van der Waals surface area contributed by atoms with Gasteiger partial charge in [-0.3, -0.25) is 0 Å². The van der Waals surface area contributed by atoms with E-state index in [1.807, 2.05) is 54.6 Å². The van der Waals surface area contributed by atoms with Gasteiger partial charge in [-0.15, -0.1) is 0 Å². The lowest BCUT2D eigenvalue weighted by Crippen LogP contribution is -1.88. The summed E-state index contributed by atoms with van der Waals surface area (Å²) in [6.45, 7) is 2.10. The van der Waals surface area contributed by atoms with Crippen LogP contribution in [0.2, 0.25) is 5.02 Å². The Hall–Kier alpha value is -2.62. The Labute approximate surface area is 162 Å². The topological polar surface area (TPSA) is 24.9 Å². The minimum absolute atomic E-state index is 0.725. The molecule has 4 aromatic rings. The van der Waals surface area contributed by atoms with Gasteiger partial charge in [0.2, 0.25) is 0 Å². The molecule has 0 saturated heterocycles. The van der Waals surface area contributed by atoms with Crippen LogP contribution in [0.5, 0.6) is 0 Å². The second-order valence-corrected chi connectivity index (χ2v) is 7.50. The molecule has 26 heavy (non-hydrogen) atoms. The summed E-state index contributed by atoms with van der Waals surface area (Å²) in [6.07, 6.45) is 0. The third-order valence-corrected chi connectivity index (χ3v) is 5.36. The molecule has 0 radical (unpaired) electrons. The zero-order valence-corrected chi connectivity index (χ0v) is 15.8. The van der Waals surface area contributed by atoms with Crippen molar-refractivity contribution in [1.82, 2.24) is 4.98 Å². The quantitative estimate of drug-likeness (QED) is 0.408. The minimum Gasteiger partial charge on any atom is -0.332 e. The number of thiazole rings is 1. The summed E-state index contributed by atoms with van der Waals surface area (Å²) in [5, 5.41) is 5.01. The summed E-state index contributed by atoms with van der Waals surface area (Å²) < 4.78 is 0. The fraction of sp³-hybridized carbons (Fsp3) is 0.0455. The monoisotopic (exact) mass is 376 g/mol. The van der Waals surface area contributed by atoms with E-state index in [1.165, 1.54) is 11.1 Å². The van der Waals surface area contributed by atoms with Gasteiger partial charge in [0.05, 0.1) is 10.6 Å². The van der Waals surface area contributed by atoms with Gasteiger partial charge >= 0.3 is 0 Å². The molecule has 0 unspecified atom stereocenters. The molecule has 3 aromatic carbocycles. The van der Waals surface area contributed by atoms with Crippen molar-refractivity contribution in [1.29, 1.82) is 0 Å². The number of aryl methyl sites for hydroxylation is 1. The Balaban J connectivity index is 1.79. The molecule has 2 nitrogen and oxygen atoms in total. The van der Waals surface area contributed by atoms with Crippen LogP contribution in [0.25, 0.3) is 21.7 Å². The molecule has 0 aliphatic carbocycles. The summed E-state index contributed by atoms with van der Waals surface area (Å²) in [7, 11) is 0. The van der Waals surface area contributed by atoms with Crippen LogP contribution in [0, 0.1) is 6.92 Å². The number of aromatic nitrogens is 1. The number of anilines is 2. The number of hydrogen-bond acceptors (Lipinski definition) is 3. The summed E-state index contributed by atoms with van der Waals surface area (Å²) in [5.74, 6) is 0. The van der Waals surface area contributed by atoms with Crippen LogP contribution >= 0.6 is 22.9 Å². The van der Waals surface area contributed by atoms with Gasteiger partial charge in [-0.1, -0.05) is 83.1 Å². The normalized spacial score (nSPS) is 10.7. The molecule has 0 saturated carbocycles. The Morgan fingerprint density at radius 1 is 0.808 bits per heavy atom. The molecule has 0 spiro atoms. The third-order valence-electron chi connectivity index (χ3n) is 4.08. The van der Waals surface area contributed by atoms with Crippen molar-refractivity contribution in [3.05, 3.63) is 89.4 Å². The van der Waals surface area contributed by atoms with Gasteiger partial charge in [-0.05, 0) is 36.8 Å². The Morgan fingerprint density at radius 2 is 1.46 bits per heavy atom. The summed E-state index contributed by atoms with van der Waals surface area (Å²) in [5.41, 5.74) is 5.46. The zero-order chi connectivity index (χ0) is 17.9. The molecule has 4 heteroatoms. The molecule has 4 rings (SSSR count). The first-order valence-electron chi connectivity index (χ1n) is 8.35. The highest BCUT2D eigenvalue weighted by Gasteiger charge is 2.15. The van der Waals surface area contributed by atoms with E-state index in [-0.39, 0.29) is 0 Å². The van der Waals surface area contributed by atoms with Crippen LogP contribution in [-0.4, -0.2) is 4.98 Å². The summed E-state index contributed by atoms with van der Waals surface area (Å²) >= 11 is 7.71. The van der Waals surface area contributed by atoms with Gasteiger partial charge in [-0.2, -0.15) is 0 Å². The van der Waals surface area contributed by atoms with E-state index in [0.29, 0.717) is 0 Å². The lowest BCUT2D eigenvalue weighted by molar-refractivity contribution is 1.38. The second kappa shape index (κ2) is 7.32. The second-order valence-electron chi connectivity index (χ2n) is 6.06. The maximum absolute atomic E-state index is 6.06. The average Bonchev–Trinajstić information content (AvgIpc) is 3.07. The highest BCUT2D eigenvalue weighted by Crippen LogP contribution is 2.40. The molecular weight excluding hydrogens is 360 g/mol. The van der Waals surface area contributed by atoms with Gasteiger partial charge in [0, 0.05) is 16.3 Å². The number of rotatable bonds is 4. The van der Waals surface area contributed by atoms with Crippen molar-refractivity contribution >= 4 is 33.8 Å². The van der Waals surface area contributed by atoms with Gasteiger partial charge < -0.3 is 5.32 Å². The summed E-state index contributed by atoms with van der Waals surface area (Å²) in [4.78, 5) is 6.01. The molecule has 1 aromatic heterocycles. The number of nitrogens with zero attached hydrogens (tertiary/aromatic N) is 1. The van der Waals surface area contributed by atoms with Crippen LogP contribution in [0.4, 0.5) is 10.8 Å². The van der Waals surface area contributed by atoms with E-state index in [9.17, 15) is 0 Å². The molecule has 1 N–H and O–H groups in total. The van der Waals surface area contributed by atoms with Crippen LogP contribution in [0.1, 0.15) is 5.56 Å². The van der Waals surface area contributed by atoms with Gasteiger partial charge in [-0.25, -0.2) is 4.98 Å². The average molecular weight is 377 g/mol. The van der Waals surface area contributed by atoms with Crippen molar-refractivity contribution in [2.24, 2.45) is 0 Å². The number of para-hydroxylation sites is 1. The first-order chi connectivity index (χ1) is 12.7. The van der Waals surface area contributed by atoms with Gasteiger partial charge in [0.15, 0.2) is 5.13 Å². The predicted molar refractivity (Wildman–Crippen MR) is 112 cm³/mol. The molecule has 128 valence electrons. The van der Waals surface area contributed by atoms with E-state index >= 15 is 0 Å². The van der Waals surface area contributed by atoms with Crippen LogP contribution < -0.4 is 5.32 Å². The SMILES string of the molecule is Cc1ccc(-c2sc(Nc3ccccc3)nc2-c2ccc(Cl)cc2)cc1. The lowest BCUT2D eigenvalue weighted by atomic mass is 10.1. The molecule has 0 aliphatic rings. The van der Waals surface area contributed by atoms with Crippen LogP contribution in [-0.2, 0) is 0 Å². The van der Waals surface area contributed by atoms with E-state index in [2.05, 4.69) is 36.5 Å². The number of nitrogens with one attached hydrogen (secondary N) is 1. The Morgan fingerprint density at radius 3 is 2.15 bits per heavy atom. The molecule has 0 atom stereocenters. The molecule has 0 bridgehead atoms. The highest BCUT2D eigenvalue weighted by molar-refractivity contribution is 7.19. The largest absolute Gasteiger partial charge is 0.332 e. The maximum atomic E-state index is 6.06. The Kier molecular flexibility index (Phi) is 4.74. The van der Waals surface area contributed by atoms with Crippen LogP contribution in [0.15, 0.2) is 78.9 Å². The lowest BCUT2D eigenvalue weighted by Gasteiger charge is -2.03. The van der Waals surface area contributed by atoms with E-state index in [0.717, 1.165) is 32.0 Å². The van der Waals surface area contributed by atoms with Gasteiger partial charge in [0.25, 0.3) is 0 Å². The van der Waals surface area contributed by atoms with Gasteiger partial charge in [0.1, 0.15) is 0 Å². The number of hydrogen-bond donors (Lipinski definition) is 1. The maximum Gasteiger partial charge on any atom is 0.188 e. The first kappa shape index (κ1) is 16.8. The van der Waals surface area contributed by atoms with E-state index < -0.39 is 0 Å². The smallest absolute Gasteiger partial charge is 0.188 e.